The van der Waals surface area contributed by atoms with Gasteiger partial charge in [-0.3, -0.25) is 14.4 Å². The zero-order valence-electron chi connectivity index (χ0n) is 15.4. The molecule has 3 rings (SSSR count). The smallest absolute Gasteiger partial charge is 0.338 e. The second kappa shape index (κ2) is 8.85. The van der Waals surface area contributed by atoms with Crippen molar-refractivity contribution in [3.05, 3.63) is 64.2 Å². The highest BCUT2D eigenvalue weighted by molar-refractivity contribution is 6.35. The first-order chi connectivity index (χ1) is 13.9. The minimum Gasteiger partial charge on any atom is -0.452 e. The normalized spacial score (nSPS) is 12.7. The van der Waals surface area contributed by atoms with E-state index in [2.05, 4.69) is 5.32 Å². The molecule has 0 bridgehead atoms. The lowest BCUT2D eigenvalue weighted by Gasteiger charge is -2.13. The molecule has 150 valence electrons. The molecule has 0 fully saturated rings. The van der Waals surface area contributed by atoms with Gasteiger partial charge in [-0.2, -0.15) is 0 Å². The number of rotatable bonds is 7. The number of hydrogen-bond donors (Lipinski definition) is 1. The van der Waals surface area contributed by atoms with Crippen molar-refractivity contribution in [1.29, 1.82) is 0 Å². The fourth-order valence-corrected chi connectivity index (χ4v) is 2.88. The van der Waals surface area contributed by atoms with Crippen LogP contribution in [0.5, 0.6) is 0 Å². The van der Waals surface area contributed by atoms with Gasteiger partial charge in [-0.15, -0.1) is 0 Å². The van der Waals surface area contributed by atoms with Crippen LogP contribution in [-0.2, 0) is 14.3 Å². The molecule has 0 saturated carbocycles. The Balaban J connectivity index is 1.71. The number of hydrogen-bond acceptors (Lipinski definition) is 6. The fourth-order valence-electron chi connectivity index (χ4n) is 2.75. The first-order valence-corrected chi connectivity index (χ1v) is 9.01. The minimum absolute atomic E-state index is 0.0625. The molecule has 0 radical (unpaired) electrons. The van der Waals surface area contributed by atoms with E-state index in [-0.39, 0.29) is 16.7 Å². The van der Waals surface area contributed by atoms with Crippen LogP contribution < -0.4 is 10.2 Å². The van der Waals surface area contributed by atoms with Crippen LogP contribution in [-0.4, -0.2) is 50.6 Å². The van der Waals surface area contributed by atoms with Crippen molar-refractivity contribution >= 4 is 41.0 Å². The van der Waals surface area contributed by atoms with E-state index in [0.717, 1.165) is 4.90 Å². The molecule has 0 aromatic heterocycles. The number of nitrogens with one attached hydrogen (secondary N) is 1. The zero-order valence-corrected chi connectivity index (χ0v) is 16.2. The highest BCUT2D eigenvalue weighted by Gasteiger charge is 2.37. The summed E-state index contributed by atoms with van der Waals surface area (Å²) >= 11 is 5.85. The molecule has 0 atom stereocenters. The third-order valence-electron chi connectivity index (χ3n) is 4.17. The van der Waals surface area contributed by atoms with Gasteiger partial charge in [-0.1, -0.05) is 11.6 Å². The summed E-state index contributed by atoms with van der Waals surface area (Å²) < 4.78 is 9.75. The molecule has 3 amide bonds. The molecule has 2 aromatic carbocycles. The van der Waals surface area contributed by atoms with E-state index in [1.54, 1.807) is 24.3 Å². The van der Waals surface area contributed by atoms with Crippen molar-refractivity contribution in [1.82, 2.24) is 5.32 Å². The Kier molecular flexibility index (Phi) is 6.26. The lowest BCUT2D eigenvalue weighted by Crippen LogP contribution is -2.31. The van der Waals surface area contributed by atoms with Crippen molar-refractivity contribution in [2.75, 3.05) is 31.8 Å². The molecule has 8 nitrogen and oxygen atoms in total. The van der Waals surface area contributed by atoms with Gasteiger partial charge < -0.3 is 14.8 Å². The quantitative estimate of drug-likeness (QED) is 0.421. The molecule has 1 aliphatic heterocycles. The predicted octanol–water partition coefficient (Wildman–Crippen LogP) is 2.06. The SMILES string of the molecule is COCCNC(=O)COC(=O)c1ccc2c(c1)C(=O)N(c1ccc(Cl)cc1)C2=O. The summed E-state index contributed by atoms with van der Waals surface area (Å²) in [6.07, 6.45) is 0. The fraction of sp³-hybridized carbons (Fsp3) is 0.200. The molecule has 0 saturated heterocycles. The van der Waals surface area contributed by atoms with Gasteiger partial charge in [0, 0.05) is 18.7 Å². The first kappa shape index (κ1) is 20.5. The molecule has 1 N–H and O–H groups in total. The summed E-state index contributed by atoms with van der Waals surface area (Å²) in [5.41, 5.74) is 0.702. The van der Waals surface area contributed by atoms with Crippen LogP contribution in [0.1, 0.15) is 31.1 Å². The number of carbonyl (C=O) groups excluding carboxylic acids is 4. The third kappa shape index (κ3) is 4.44. The van der Waals surface area contributed by atoms with Crippen LogP contribution in [0, 0.1) is 0 Å². The second-order valence-corrected chi connectivity index (χ2v) is 6.54. The van der Waals surface area contributed by atoms with Gasteiger partial charge in [0.1, 0.15) is 0 Å². The molecule has 29 heavy (non-hydrogen) atoms. The second-order valence-electron chi connectivity index (χ2n) is 6.10. The largest absolute Gasteiger partial charge is 0.452 e. The number of amides is 3. The summed E-state index contributed by atoms with van der Waals surface area (Å²) in [5, 5.41) is 2.99. The maximum atomic E-state index is 12.7. The van der Waals surface area contributed by atoms with Gasteiger partial charge in [0.05, 0.1) is 29.0 Å². The van der Waals surface area contributed by atoms with E-state index in [0.29, 0.717) is 23.9 Å². The molecule has 1 heterocycles. The topological polar surface area (TPSA) is 102 Å². The number of methoxy groups -OCH3 is 1. The summed E-state index contributed by atoms with van der Waals surface area (Å²) in [5.74, 6) is -2.30. The lowest BCUT2D eigenvalue weighted by molar-refractivity contribution is -0.124. The van der Waals surface area contributed by atoms with Crippen LogP contribution in [0.3, 0.4) is 0 Å². The number of imide groups is 1. The Morgan fingerprint density at radius 3 is 2.41 bits per heavy atom. The molecular formula is C20H17ClN2O6. The Hall–Kier alpha value is -3.23. The number of esters is 1. The van der Waals surface area contributed by atoms with Gasteiger partial charge >= 0.3 is 5.97 Å². The van der Waals surface area contributed by atoms with Crippen LogP contribution >= 0.6 is 11.6 Å². The average Bonchev–Trinajstić information content (AvgIpc) is 2.97. The van der Waals surface area contributed by atoms with Crippen LogP contribution in [0.15, 0.2) is 42.5 Å². The molecule has 2 aromatic rings. The lowest BCUT2D eigenvalue weighted by atomic mass is 10.1. The summed E-state index contributed by atoms with van der Waals surface area (Å²) in [6, 6.07) is 10.3. The van der Waals surface area contributed by atoms with Gasteiger partial charge in [0.25, 0.3) is 17.7 Å². The summed E-state index contributed by atoms with van der Waals surface area (Å²) in [6.45, 7) is 0.164. The van der Waals surface area contributed by atoms with E-state index >= 15 is 0 Å². The third-order valence-corrected chi connectivity index (χ3v) is 4.42. The van der Waals surface area contributed by atoms with Crippen LogP contribution in [0.25, 0.3) is 0 Å². The molecular weight excluding hydrogens is 400 g/mol. The van der Waals surface area contributed by atoms with Gasteiger partial charge in [0.2, 0.25) is 0 Å². The maximum absolute atomic E-state index is 12.7. The predicted molar refractivity (Wildman–Crippen MR) is 104 cm³/mol. The molecule has 0 aliphatic carbocycles. The monoisotopic (exact) mass is 416 g/mol. The van der Waals surface area contributed by atoms with Crippen molar-refractivity contribution in [2.45, 2.75) is 0 Å². The molecule has 0 unspecified atom stereocenters. The number of nitrogens with zero attached hydrogens (tertiary/aromatic N) is 1. The van der Waals surface area contributed by atoms with Crippen molar-refractivity contribution < 1.29 is 28.7 Å². The summed E-state index contributed by atoms with van der Waals surface area (Å²) in [4.78, 5) is 50.1. The number of halogens is 1. The van der Waals surface area contributed by atoms with E-state index in [1.807, 2.05) is 0 Å². The van der Waals surface area contributed by atoms with E-state index in [9.17, 15) is 19.2 Å². The average molecular weight is 417 g/mol. The molecule has 0 spiro atoms. The van der Waals surface area contributed by atoms with Crippen molar-refractivity contribution in [3.8, 4) is 0 Å². The molecule has 1 aliphatic rings. The molecule has 9 heteroatoms. The van der Waals surface area contributed by atoms with Crippen molar-refractivity contribution in [2.24, 2.45) is 0 Å². The number of fused-ring (bicyclic) bond motifs is 1. The van der Waals surface area contributed by atoms with Gasteiger partial charge in [-0.25, -0.2) is 9.69 Å². The van der Waals surface area contributed by atoms with Crippen LogP contribution in [0.2, 0.25) is 5.02 Å². The van der Waals surface area contributed by atoms with Gasteiger partial charge in [-0.05, 0) is 42.5 Å². The number of ether oxygens (including phenoxy) is 2. The Labute approximate surface area is 171 Å². The van der Waals surface area contributed by atoms with E-state index in [4.69, 9.17) is 21.1 Å². The van der Waals surface area contributed by atoms with E-state index in [1.165, 1.54) is 25.3 Å². The summed E-state index contributed by atoms with van der Waals surface area (Å²) in [7, 11) is 1.50. The zero-order chi connectivity index (χ0) is 21.0. The minimum atomic E-state index is -0.778. The maximum Gasteiger partial charge on any atom is 0.338 e. The van der Waals surface area contributed by atoms with E-state index < -0.39 is 30.3 Å². The first-order valence-electron chi connectivity index (χ1n) is 8.63. The number of benzene rings is 2. The standard InChI is InChI=1S/C20H17ClN2O6/c1-28-9-8-22-17(24)11-29-20(27)12-2-7-15-16(10-12)19(26)23(18(15)25)14-5-3-13(21)4-6-14/h2-7,10H,8-9,11H2,1H3,(H,22,24). The highest BCUT2D eigenvalue weighted by Crippen LogP contribution is 2.30. The van der Waals surface area contributed by atoms with Crippen LogP contribution in [0.4, 0.5) is 5.69 Å². The Bertz CT molecular complexity index is 973. The number of anilines is 1. The van der Waals surface area contributed by atoms with Crippen molar-refractivity contribution in [3.63, 3.8) is 0 Å². The van der Waals surface area contributed by atoms with Gasteiger partial charge in [0.15, 0.2) is 6.61 Å². The number of carbonyl (C=O) groups is 4. The Morgan fingerprint density at radius 1 is 1.03 bits per heavy atom. The highest BCUT2D eigenvalue weighted by atomic mass is 35.5. The Morgan fingerprint density at radius 2 is 1.72 bits per heavy atom.